The fourth-order valence-electron chi connectivity index (χ4n) is 3.86. The lowest BCUT2D eigenvalue weighted by Crippen LogP contribution is -2.52. The number of halogens is 3. The molecule has 0 saturated heterocycles. The number of anilines is 1. The molecular weight excluding hydrogens is 409 g/mol. The van der Waals surface area contributed by atoms with Crippen LogP contribution in [-0.4, -0.2) is 27.9 Å². The van der Waals surface area contributed by atoms with Crippen molar-refractivity contribution in [2.24, 2.45) is 0 Å². The van der Waals surface area contributed by atoms with Gasteiger partial charge in [-0.1, -0.05) is 38.1 Å². The molecule has 1 atom stereocenters. The number of carbonyl (C=O) groups is 1. The van der Waals surface area contributed by atoms with Gasteiger partial charge in [-0.25, -0.2) is 0 Å². The number of alkyl halides is 3. The van der Waals surface area contributed by atoms with E-state index in [1.165, 1.54) is 22.9 Å². The molecule has 0 bridgehead atoms. The molecular formula is C23H23F3N2O3. The minimum Gasteiger partial charge on any atom is -0.379 e. The topological polar surface area (TPSA) is 71.3 Å². The average molecular weight is 432 g/mol. The largest absolute Gasteiger partial charge is 0.418 e. The Morgan fingerprint density at radius 1 is 1.06 bits per heavy atom. The van der Waals surface area contributed by atoms with Gasteiger partial charge in [0.2, 0.25) is 6.41 Å². The zero-order valence-corrected chi connectivity index (χ0v) is 17.1. The van der Waals surface area contributed by atoms with Crippen LogP contribution in [0.4, 0.5) is 18.9 Å². The molecule has 1 aromatic heterocycles. The van der Waals surface area contributed by atoms with Gasteiger partial charge in [-0.3, -0.25) is 9.59 Å². The smallest absolute Gasteiger partial charge is 0.379 e. The van der Waals surface area contributed by atoms with Gasteiger partial charge < -0.3 is 15.0 Å². The van der Waals surface area contributed by atoms with Crippen molar-refractivity contribution in [1.29, 1.82) is 0 Å². The number of aliphatic hydroxyl groups is 1. The molecule has 1 heterocycles. The van der Waals surface area contributed by atoms with Crippen molar-refractivity contribution >= 4 is 23.0 Å². The van der Waals surface area contributed by atoms with E-state index in [1.54, 1.807) is 56.3 Å². The quantitative estimate of drug-likeness (QED) is 0.549. The Kier molecular flexibility index (Phi) is 5.96. The summed E-state index contributed by atoms with van der Waals surface area (Å²) in [5, 5.41) is 13.7. The molecule has 164 valence electrons. The summed E-state index contributed by atoms with van der Waals surface area (Å²) in [6.45, 7) is 2.44. The van der Waals surface area contributed by atoms with Gasteiger partial charge in [0.1, 0.15) is 0 Å². The lowest BCUT2D eigenvalue weighted by molar-refractivity contribution is -0.271. The van der Waals surface area contributed by atoms with Crippen LogP contribution in [0.25, 0.3) is 10.9 Å². The van der Waals surface area contributed by atoms with Crippen molar-refractivity contribution in [2.45, 2.75) is 44.0 Å². The van der Waals surface area contributed by atoms with Gasteiger partial charge in [-0.2, -0.15) is 13.2 Å². The summed E-state index contributed by atoms with van der Waals surface area (Å²) in [4.78, 5) is 22.8. The third-order valence-corrected chi connectivity index (χ3v) is 5.45. The van der Waals surface area contributed by atoms with Crippen LogP contribution in [0.1, 0.15) is 25.8 Å². The second-order valence-corrected chi connectivity index (χ2v) is 8.26. The third-order valence-electron chi connectivity index (χ3n) is 5.45. The summed E-state index contributed by atoms with van der Waals surface area (Å²) in [5.74, 6) is 0. The van der Waals surface area contributed by atoms with E-state index in [4.69, 9.17) is 0 Å². The van der Waals surface area contributed by atoms with Crippen LogP contribution in [0.5, 0.6) is 0 Å². The van der Waals surface area contributed by atoms with Gasteiger partial charge in [0.15, 0.2) is 11.0 Å². The van der Waals surface area contributed by atoms with Crippen LogP contribution in [0.15, 0.2) is 65.6 Å². The summed E-state index contributed by atoms with van der Waals surface area (Å²) in [6.07, 6.45) is -3.80. The van der Waals surface area contributed by atoms with Crippen molar-refractivity contribution in [3.63, 3.8) is 0 Å². The molecule has 31 heavy (non-hydrogen) atoms. The number of benzene rings is 2. The van der Waals surface area contributed by atoms with Crippen molar-refractivity contribution in [3.8, 4) is 0 Å². The highest BCUT2D eigenvalue weighted by Crippen LogP contribution is 2.42. The number of rotatable bonds is 7. The third kappa shape index (κ3) is 4.64. The maximum absolute atomic E-state index is 14.1. The lowest BCUT2D eigenvalue weighted by atomic mass is 9.74. The molecule has 1 amide bonds. The second kappa shape index (κ2) is 8.19. The SMILES string of the molecule is CC(C)(CC(O)(Cn1ccc(=O)c2ccccc21)C(F)(F)F)c1cccc(NC=O)c1. The van der Waals surface area contributed by atoms with E-state index in [2.05, 4.69) is 5.32 Å². The number of aromatic nitrogens is 1. The molecule has 0 aliphatic heterocycles. The molecule has 3 rings (SSSR count). The highest BCUT2D eigenvalue weighted by Gasteiger charge is 2.56. The Hall–Kier alpha value is -3.13. The Balaban J connectivity index is 2.02. The Morgan fingerprint density at radius 2 is 1.77 bits per heavy atom. The Labute approximate surface area is 177 Å². The van der Waals surface area contributed by atoms with Crippen molar-refractivity contribution in [3.05, 3.63) is 76.6 Å². The molecule has 8 heteroatoms. The zero-order chi connectivity index (χ0) is 22.9. The highest BCUT2D eigenvalue weighted by molar-refractivity contribution is 5.78. The highest BCUT2D eigenvalue weighted by atomic mass is 19.4. The summed E-state index contributed by atoms with van der Waals surface area (Å²) in [6, 6.07) is 14.0. The first-order chi connectivity index (χ1) is 14.5. The number of hydrogen-bond acceptors (Lipinski definition) is 3. The molecule has 2 N–H and O–H groups in total. The lowest BCUT2D eigenvalue weighted by Gasteiger charge is -2.38. The fourth-order valence-corrected chi connectivity index (χ4v) is 3.86. The van der Waals surface area contributed by atoms with Gasteiger partial charge in [0.05, 0.1) is 12.1 Å². The number of nitrogens with one attached hydrogen (secondary N) is 1. The number of nitrogens with zero attached hydrogens (tertiary/aromatic N) is 1. The number of para-hydroxylation sites is 1. The van der Waals surface area contributed by atoms with E-state index in [-0.39, 0.29) is 10.8 Å². The van der Waals surface area contributed by atoms with Crippen LogP contribution in [0.2, 0.25) is 0 Å². The van der Waals surface area contributed by atoms with Gasteiger partial charge in [-0.05, 0) is 41.7 Å². The van der Waals surface area contributed by atoms with Crippen LogP contribution in [0, 0.1) is 0 Å². The number of fused-ring (bicyclic) bond motifs is 1. The normalized spacial score (nSPS) is 14.3. The maximum atomic E-state index is 14.1. The minimum atomic E-state index is -4.92. The van der Waals surface area contributed by atoms with Gasteiger partial charge >= 0.3 is 6.18 Å². The fraction of sp³-hybridized carbons (Fsp3) is 0.304. The van der Waals surface area contributed by atoms with Crippen LogP contribution >= 0.6 is 0 Å². The average Bonchev–Trinajstić information content (AvgIpc) is 2.70. The van der Waals surface area contributed by atoms with Crippen LogP contribution in [-0.2, 0) is 16.8 Å². The summed E-state index contributed by atoms with van der Waals surface area (Å²) < 4.78 is 43.6. The van der Waals surface area contributed by atoms with Crippen molar-refractivity contribution < 1.29 is 23.1 Å². The van der Waals surface area contributed by atoms with E-state index in [1.807, 2.05) is 0 Å². The second-order valence-electron chi connectivity index (χ2n) is 8.26. The number of amides is 1. The molecule has 0 fully saturated rings. The van der Waals surface area contributed by atoms with Crippen LogP contribution < -0.4 is 10.7 Å². The molecule has 0 aliphatic carbocycles. The standard InChI is InChI=1S/C23H23F3N2O3/c1-21(2,16-6-5-7-17(12-16)27-15-29)13-22(31,23(24,25)26)14-28-11-10-20(30)18-8-3-4-9-19(18)28/h3-12,15,31H,13-14H2,1-2H3,(H,27,29). The first-order valence-corrected chi connectivity index (χ1v) is 9.65. The minimum absolute atomic E-state index is 0.279. The first-order valence-electron chi connectivity index (χ1n) is 9.65. The number of hydrogen-bond donors (Lipinski definition) is 2. The maximum Gasteiger partial charge on any atom is 0.418 e. The van der Waals surface area contributed by atoms with E-state index < -0.39 is 30.2 Å². The summed E-state index contributed by atoms with van der Waals surface area (Å²) in [7, 11) is 0. The van der Waals surface area contributed by atoms with Crippen LogP contribution in [0.3, 0.4) is 0 Å². The van der Waals surface area contributed by atoms with Crippen molar-refractivity contribution in [1.82, 2.24) is 4.57 Å². The van der Waals surface area contributed by atoms with E-state index in [0.29, 0.717) is 23.2 Å². The molecule has 1 unspecified atom stereocenters. The molecule has 3 aromatic rings. The van der Waals surface area contributed by atoms with Crippen molar-refractivity contribution in [2.75, 3.05) is 5.32 Å². The van der Waals surface area contributed by atoms with Gasteiger partial charge in [0.25, 0.3) is 0 Å². The van der Waals surface area contributed by atoms with Gasteiger partial charge in [0, 0.05) is 23.3 Å². The van der Waals surface area contributed by atoms with E-state index >= 15 is 0 Å². The van der Waals surface area contributed by atoms with Gasteiger partial charge in [-0.15, -0.1) is 0 Å². The predicted octanol–water partition coefficient (Wildman–Crippen LogP) is 4.23. The Morgan fingerprint density at radius 3 is 2.45 bits per heavy atom. The number of pyridine rings is 1. The van der Waals surface area contributed by atoms with E-state index in [0.717, 1.165) is 0 Å². The molecule has 2 aromatic carbocycles. The molecule has 0 aliphatic rings. The zero-order valence-electron chi connectivity index (χ0n) is 17.1. The summed E-state index contributed by atoms with van der Waals surface area (Å²) in [5.41, 5.74) is -3.16. The molecule has 5 nitrogen and oxygen atoms in total. The summed E-state index contributed by atoms with van der Waals surface area (Å²) >= 11 is 0. The first kappa shape index (κ1) is 22.6. The molecule has 0 radical (unpaired) electrons. The molecule has 0 saturated carbocycles. The predicted molar refractivity (Wildman–Crippen MR) is 113 cm³/mol. The monoisotopic (exact) mass is 432 g/mol. The number of carbonyl (C=O) groups excluding carboxylic acids is 1. The van der Waals surface area contributed by atoms with E-state index in [9.17, 15) is 27.9 Å². The Bertz CT molecular complexity index is 1150. The molecule has 0 spiro atoms.